The normalized spacial score (nSPS) is 16.2. The van der Waals surface area contributed by atoms with Crippen molar-refractivity contribution in [2.24, 2.45) is 5.92 Å². The van der Waals surface area contributed by atoms with E-state index in [0.717, 1.165) is 25.7 Å². The second-order valence-electron chi connectivity index (χ2n) is 7.29. The number of aryl methyl sites for hydroxylation is 1. The van der Waals surface area contributed by atoms with Crippen molar-refractivity contribution < 1.29 is 18.7 Å². The van der Waals surface area contributed by atoms with Gasteiger partial charge >= 0.3 is 0 Å². The third-order valence-corrected chi connectivity index (χ3v) is 5.32. The number of nitrogens with zero attached hydrogens (tertiary/aromatic N) is 1. The Kier molecular flexibility index (Phi) is 7.04. The predicted molar refractivity (Wildman–Crippen MR) is 110 cm³/mol. The van der Waals surface area contributed by atoms with E-state index in [9.17, 15) is 9.59 Å². The molecule has 156 valence electrons. The average Bonchev–Trinajstić information content (AvgIpc) is 3.38. The summed E-state index contributed by atoms with van der Waals surface area (Å²) in [5.74, 6) is 0.942. The molecule has 2 aromatic rings. The molecule has 1 aliphatic heterocycles. The van der Waals surface area contributed by atoms with E-state index < -0.39 is 6.10 Å². The molecule has 2 amide bonds. The molecule has 1 fully saturated rings. The highest BCUT2D eigenvalue weighted by atomic mass is 16.5. The van der Waals surface area contributed by atoms with Crippen LogP contribution in [0.3, 0.4) is 0 Å². The molecular weight excluding hydrogens is 370 g/mol. The quantitative estimate of drug-likeness (QED) is 0.704. The second-order valence-corrected chi connectivity index (χ2v) is 7.29. The number of oxazole rings is 1. The van der Waals surface area contributed by atoms with Gasteiger partial charge in [-0.3, -0.25) is 9.59 Å². The molecule has 0 aliphatic carbocycles. The van der Waals surface area contributed by atoms with Crippen LogP contribution in [0.25, 0.3) is 11.5 Å². The molecule has 1 aromatic carbocycles. The van der Waals surface area contributed by atoms with E-state index in [1.807, 2.05) is 45.0 Å². The Hall–Kier alpha value is -2.67. The van der Waals surface area contributed by atoms with E-state index >= 15 is 0 Å². The number of aromatic nitrogens is 1. The minimum Gasteiger partial charge on any atom is -0.441 e. The van der Waals surface area contributed by atoms with E-state index in [4.69, 9.17) is 9.15 Å². The van der Waals surface area contributed by atoms with E-state index in [2.05, 4.69) is 15.6 Å². The molecule has 7 heteroatoms. The number of anilines is 1. The number of rotatable bonds is 8. The van der Waals surface area contributed by atoms with Crippen molar-refractivity contribution in [3.63, 3.8) is 0 Å². The van der Waals surface area contributed by atoms with Gasteiger partial charge in [-0.25, -0.2) is 4.98 Å². The van der Waals surface area contributed by atoms with Crippen molar-refractivity contribution in [2.75, 3.05) is 11.9 Å². The highest BCUT2D eigenvalue weighted by molar-refractivity contribution is 5.97. The average molecular weight is 399 g/mol. The molecule has 1 saturated heterocycles. The molecule has 0 bridgehead atoms. The molecule has 0 saturated carbocycles. The van der Waals surface area contributed by atoms with Gasteiger partial charge in [0.2, 0.25) is 11.8 Å². The lowest BCUT2D eigenvalue weighted by Gasteiger charge is -2.12. The van der Waals surface area contributed by atoms with Gasteiger partial charge in [-0.05, 0) is 44.7 Å². The number of carbonyl (C=O) groups excluding carboxylic acids is 2. The first-order chi connectivity index (χ1) is 14.0. The van der Waals surface area contributed by atoms with Crippen molar-refractivity contribution in [1.82, 2.24) is 10.3 Å². The standard InChI is InChI=1S/C22H29N3O4/c1-4-15(5-2)20(26)23-13-18-14(3)29-22(25-18)16-9-6-7-10-17(16)24-21(27)19-11-8-12-28-19/h6-7,9-10,15,19H,4-5,8,11-13H2,1-3H3,(H,23,26)(H,24,27)/t19-/m0/s1. The summed E-state index contributed by atoms with van der Waals surface area (Å²) in [7, 11) is 0. The molecule has 29 heavy (non-hydrogen) atoms. The number of para-hydroxylation sites is 1. The van der Waals surface area contributed by atoms with Crippen LogP contribution in [-0.2, 0) is 20.9 Å². The van der Waals surface area contributed by atoms with E-state index in [1.165, 1.54) is 0 Å². The zero-order valence-electron chi connectivity index (χ0n) is 17.3. The highest BCUT2D eigenvalue weighted by Gasteiger charge is 2.25. The Morgan fingerprint density at radius 2 is 2.00 bits per heavy atom. The van der Waals surface area contributed by atoms with Crippen LogP contribution in [-0.4, -0.2) is 29.5 Å². The van der Waals surface area contributed by atoms with Gasteiger partial charge in [-0.15, -0.1) is 0 Å². The second kappa shape index (κ2) is 9.69. The fourth-order valence-electron chi connectivity index (χ4n) is 3.46. The molecule has 1 aliphatic rings. The van der Waals surface area contributed by atoms with Crippen molar-refractivity contribution in [1.29, 1.82) is 0 Å². The predicted octanol–water partition coefficient (Wildman–Crippen LogP) is 3.82. The maximum Gasteiger partial charge on any atom is 0.253 e. The summed E-state index contributed by atoms with van der Waals surface area (Å²) in [5.41, 5.74) is 2.00. The molecular formula is C22H29N3O4. The number of benzene rings is 1. The van der Waals surface area contributed by atoms with E-state index in [-0.39, 0.29) is 17.7 Å². The summed E-state index contributed by atoms with van der Waals surface area (Å²) in [5, 5.41) is 5.87. The molecule has 7 nitrogen and oxygen atoms in total. The Morgan fingerprint density at radius 1 is 1.24 bits per heavy atom. The zero-order chi connectivity index (χ0) is 20.8. The first kappa shape index (κ1) is 21.0. The number of hydrogen-bond donors (Lipinski definition) is 2. The minimum atomic E-state index is -0.412. The van der Waals surface area contributed by atoms with Gasteiger partial charge in [-0.1, -0.05) is 26.0 Å². The van der Waals surface area contributed by atoms with Gasteiger partial charge in [0, 0.05) is 12.5 Å². The van der Waals surface area contributed by atoms with Crippen LogP contribution in [0.4, 0.5) is 5.69 Å². The summed E-state index contributed by atoms with van der Waals surface area (Å²) < 4.78 is 11.3. The highest BCUT2D eigenvalue weighted by Crippen LogP contribution is 2.29. The Balaban J connectivity index is 1.73. The third-order valence-electron chi connectivity index (χ3n) is 5.32. The molecule has 2 heterocycles. The van der Waals surface area contributed by atoms with Gasteiger partial charge in [0.05, 0.1) is 17.8 Å². The van der Waals surface area contributed by atoms with Crippen LogP contribution in [0, 0.1) is 12.8 Å². The Morgan fingerprint density at radius 3 is 2.69 bits per heavy atom. The summed E-state index contributed by atoms with van der Waals surface area (Å²) in [4.78, 5) is 29.2. The van der Waals surface area contributed by atoms with Crippen molar-refractivity contribution in [2.45, 2.75) is 59.1 Å². The first-order valence-electron chi connectivity index (χ1n) is 10.3. The Bertz CT molecular complexity index is 851. The number of amides is 2. The molecule has 1 aromatic heterocycles. The van der Waals surface area contributed by atoms with Crippen LogP contribution in [0.2, 0.25) is 0 Å². The lowest BCUT2D eigenvalue weighted by atomic mass is 10.0. The molecule has 0 unspecified atom stereocenters. The molecule has 1 atom stereocenters. The molecule has 2 N–H and O–H groups in total. The minimum absolute atomic E-state index is 0.00965. The topological polar surface area (TPSA) is 93.5 Å². The number of hydrogen-bond acceptors (Lipinski definition) is 5. The van der Waals surface area contributed by atoms with Crippen molar-refractivity contribution >= 4 is 17.5 Å². The van der Waals surface area contributed by atoms with E-state index in [1.54, 1.807) is 0 Å². The third kappa shape index (κ3) is 5.03. The van der Waals surface area contributed by atoms with Crippen LogP contribution in [0.1, 0.15) is 51.0 Å². The molecule has 0 radical (unpaired) electrons. The van der Waals surface area contributed by atoms with Crippen molar-refractivity contribution in [3.05, 3.63) is 35.7 Å². The van der Waals surface area contributed by atoms with Crippen LogP contribution in [0.15, 0.2) is 28.7 Å². The SMILES string of the molecule is CCC(CC)C(=O)NCc1nc(-c2ccccc2NC(=O)[C@@H]2CCCO2)oc1C. The molecule has 3 rings (SSSR count). The smallest absolute Gasteiger partial charge is 0.253 e. The first-order valence-corrected chi connectivity index (χ1v) is 10.3. The summed E-state index contributed by atoms with van der Waals surface area (Å²) in [6.07, 6.45) is 2.83. The van der Waals surface area contributed by atoms with Crippen LogP contribution >= 0.6 is 0 Å². The van der Waals surface area contributed by atoms with Gasteiger partial charge in [0.25, 0.3) is 5.91 Å². The fourth-order valence-corrected chi connectivity index (χ4v) is 3.46. The van der Waals surface area contributed by atoms with Crippen LogP contribution < -0.4 is 10.6 Å². The van der Waals surface area contributed by atoms with Gasteiger partial charge in [0.15, 0.2) is 0 Å². The molecule has 0 spiro atoms. The maximum absolute atomic E-state index is 12.4. The van der Waals surface area contributed by atoms with Crippen LogP contribution in [0.5, 0.6) is 0 Å². The lowest BCUT2D eigenvalue weighted by Crippen LogP contribution is -2.29. The zero-order valence-corrected chi connectivity index (χ0v) is 17.3. The number of nitrogens with one attached hydrogen (secondary N) is 2. The lowest BCUT2D eigenvalue weighted by molar-refractivity contribution is -0.125. The van der Waals surface area contributed by atoms with Gasteiger partial charge < -0.3 is 19.8 Å². The fraction of sp³-hybridized carbons (Fsp3) is 0.500. The maximum atomic E-state index is 12.4. The van der Waals surface area contributed by atoms with Crippen molar-refractivity contribution in [3.8, 4) is 11.5 Å². The van der Waals surface area contributed by atoms with Gasteiger partial charge in [-0.2, -0.15) is 0 Å². The number of carbonyl (C=O) groups is 2. The summed E-state index contributed by atoms with van der Waals surface area (Å²) in [6, 6.07) is 7.38. The summed E-state index contributed by atoms with van der Waals surface area (Å²) >= 11 is 0. The Labute approximate surface area is 171 Å². The largest absolute Gasteiger partial charge is 0.441 e. The summed E-state index contributed by atoms with van der Waals surface area (Å²) in [6.45, 7) is 6.77. The van der Waals surface area contributed by atoms with Gasteiger partial charge in [0.1, 0.15) is 17.6 Å². The monoisotopic (exact) mass is 399 g/mol. The van der Waals surface area contributed by atoms with E-state index in [0.29, 0.717) is 41.7 Å². The number of ether oxygens (including phenoxy) is 1.